The van der Waals surface area contributed by atoms with E-state index in [0.717, 1.165) is 22.6 Å². The molecule has 9 heteroatoms. The number of hydrogen-bond donors (Lipinski definition) is 2. The summed E-state index contributed by atoms with van der Waals surface area (Å²) in [6, 6.07) is 14.6. The van der Waals surface area contributed by atoms with Gasteiger partial charge in [0, 0.05) is 22.3 Å². The lowest BCUT2D eigenvalue weighted by molar-refractivity contribution is -0.137. The topological polar surface area (TPSA) is 68.9 Å². The van der Waals surface area contributed by atoms with Gasteiger partial charge in [-0.1, -0.05) is 18.2 Å². The molecule has 2 aromatic heterocycles. The van der Waals surface area contributed by atoms with Gasteiger partial charge in [-0.15, -0.1) is 11.8 Å². The molecule has 5 nitrogen and oxygen atoms in total. The Balaban J connectivity index is 1.84. The number of nitrogens with zero attached hydrogens (tertiary/aromatic N) is 3. The molecule has 146 valence electrons. The van der Waals surface area contributed by atoms with Crippen molar-refractivity contribution in [1.29, 1.82) is 5.26 Å². The van der Waals surface area contributed by atoms with Crippen molar-refractivity contribution in [3.63, 3.8) is 0 Å². The number of aromatic amines is 1. The van der Waals surface area contributed by atoms with Crippen LogP contribution in [0.1, 0.15) is 11.1 Å². The van der Waals surface area contributed by atoms with E-state index in [2.05, 4.69) is 21.5 Å². The van der Waals surface area contributed by atoms with Gasteiger partial charge < -0.3 is 5.32 Å². The van der Waals surface area contributed by atoms with Crippen LogP contribution in [0.4, 0.5) is 24.7 Å². The average molecular weight is 413 g/mol. The van der Waals surface area contributed by atoms with Crippen LogP contribution < -0.4 is 5.32 Å². The number of anilines is 2. The molecule has 0 radical (unpaired) electrons. The van der Waals surface area contributed by atoms with Gasteiger partial charge >= 0.3 is 6.18 Å². The summed E-state index contributed by atoms with van der Waals surface area (Å²) in [6.45, 7) is 0. The number of thioether (sulfide) groups is 1. The number of imidazole rings is 1. The number of halogens is 3. The Morgan fingerprint density at radius 1 is 1.17 bits per heavy atom. The molecule has 0 bridgehead atoms. The standard InChI is InChI=1S/C20H14F3N5S/c1-29-16-7-5-12(6-8-16)17-19(28-18(27-17)13(10-24)11-25-28)26-15-4-2-3-14(9-15)20(21,22)23/h2-9,11,25-26H,1H3. The Kier molecular flexibility index (Phi) is 4.72. The van der Waals surface area contributed by atoms with Crippen LogP contribution in [0.2, 0.25) is 0 Å². The highest BCUT2D eigenvalue weighted by atomic mass is 32.2. The fraction of sp³-hybridized carbons (Fsp3) is 0.100. The highest BCUT2D eigenvalue weighted by Gasteiger charge is 2.30. The molecule has 2 aromatic carbocycles. The highest BCUT2D eigenvalue weighted by molar-refractivity contribution is 7.98. The molecular formula is C20H14F3N5S. The zero-order valence-corrected chi connectivity index (χ0v) is 15.9. The first-order valence-corrected chi connectivity index (χ1v) is 9.72. The van der Waals surface area contributed by atoms with E-state index in [0.29, 0.717) is 22.7 Å². The van der Waals surface area contributed by atoms with Crippen molar-refractivity contribution in [3.05, 3.63) is 65.9 Å². The molecule has 2 N–H and O–H groups in total. The number of benzene rings is 2. The molecule has 4 aromatic rings. The maximum atomic E-state index is 13.1. The minimum absolute atomic E-state index is 0.261. The van der Waals surface area contributed by atoms with E-state index in [9.17, 15) is 18.4 Å². The number of H-pyrrole nitrogens is 1. The summed E-state index contributed by atoms with van der Waals surface area (Å²) in [7, 11) is 0. The highest BCUT2D eigenvalue weighted by Crippen LogP contribution is 2.35. The fourth-order valence-electron chi connectivity index (χ4n) is 2.98. The Labute approximate surface area is 168 Å². The first-order valence-electron chi connectivity index (χ1n) is 8.49. The van der Waals surface area contributed by atoms with Crippen LogP contribution in [0.5, 0.6) is 0 Å². The predicted molar refractivity (Wildman–Crippen MR) is 106 cm³/mol. The molecule has 0 saturated carbocycles. The smallest absolute Gasteiger partial charge is 0.338 e. The van der Waals surface area contributed by atoms with Gasteiger partial charge in [0.1, 0.15) is 17.3 Å². The number of rotatable bonds is 4. The molecule has 2 heterocycles. The summed E-state index contributed by atoms with van der Waals surface area (Å²) < 4.78 is 40.8. The molecule has 0 saturated heterocycles. The van der Waals surface area contributed by atoms with Crippen molar-refractivity contribution in [3.8, 4) is 17.3 Å². The average Bonchev–Trinajstić information content (AvgIpc) is 3.27. The molecule has 0 atom stereocenters. The number of fused-ring (bicyclic) bond motifs is 1. The Hall–Kier alpha value is -3.38. The van der Waals surface area contributed by atoms with Gasteiger partial charge in [0.05, 0.1) is 5.56 Å². The monoisotopic (exact) mass is 413 g/mol. The molecule has 0 unspecified atom stereocenters. The second-order valence-electron chi connectivity index (χ2n) is 6.20. The van der Waals surface area contributed by atoms with Crippen LogP contribution >= 0.6 is 11.8 Å². The van der Waals surface area contributed by atoms with Gasteiger partial charge in [-0.25, -0.2) is 9.50 Å². The molecule has 29 heavy (non-hydrogen) atoms. The third-order valence-corrected chi connectivity index (χ3v) is 5.14. The van der Waals surface area contributed by atoms with Crippen molar-refractivity contribution < 1.29 is 13.2 Å². The largest absolute Gasteiger partial charge is 0.416 e. The molecule has 0 spiro atoms. The summed E-state index contributed by atoms with van der Waals surface area (Å²) in [5, 5.41) is 15.3. The summed E-state index contributed by atoms with van der Waals surface area (Å²) in [4.78, 5) is 5.63. The van der Waals surface area contributed by atoms with E-state index in [1.54, 1.807) is 22.3 Å². The molecule has 4 rings (SSSR count). The lowest BCUT2D eigenvalue weighted by Gasteiger charge is -2.11. The number of hydrogen-bond acceptors (Lipinski definition) is 4. The summed E-state index contributed by atoms with van der Waals surface area (Å²) in [6.07, 6.45) is -0.976. The van der Waals surface area contributed by atoms with E-state index in [1.165, 1.54) is 12.3 Å². The number of nitrogens with one attached hydrogen (secondary N) is 2. The number of nitriles is 1. The van der Waals surface area contributed by atoms with E-state index >= 15 is 0 Å². The number of alkyl halides is 3. The second kappa shape index (κ2) is 7.22. The first kappa shape index (κ1) is 19.0. The minimum atomic E-state index is -4.44. The molecule has 0 fully saturated rings. The maximum absolute atomic E-state index is 13.1. The van der Waals surface area contributed by atoms with Crippen molar-refractivity contribution in [2.24, 2.45) is 0 Å². The van der Waals surface area contributed by atoms with Crippen molar-refractivity contribution in [1.82, 2.24) is 14.6 Å². The van der Waals surface area contributed by atoms with Gasteiger partial charge in [0.2, 0.25) is 0 Å². The predicted octanol–water partition coefficient (Wildman–Crippen LogP) is 5.69. The molecule has 0 amide bonds. The lowest BCUT2D eigenvalue weighted by atomic mass is 10.1. The summed E-state index contributed by atoms with van der Waals surface area (Å²) in [5.74, 6) is 0.442. The zero-order valence-electron chi connectivity index (χ0n) is 15.1. The van der Waals surface area contributed by atoms with E-state index in [-0.39, 0.29) is 5.69 Å². The Morgan fingerprint density at radius 3 is 2.59 bits per heavy atom. The normalized spacial score (nSPS) is 11.6. The van der Waals surface area contributed by atoms with Crippen LogP contribution in [-0.2, 0) is 6.18 Å². The van der Waals surface area contributed by atoms with Crippen LogP contribution in [0.15, 0.2) is 59.6 Å². The van der Waals surface area contributed by atoms with E-state index in [4.69, 9.17) is 0 Å². The molecule has 0 aliphatic rings. The summed E-state index contributed by atoms with van der Waals surface area (Å²) >= 11 is 1.60. The maximum Gasteiger partial charge on any atom is 0.416 e. The fourth-order valence-corrected chi connectivity index (χ4v) is 3.39. The van der Waals surface area contributed by atoms with Crippen LogP contribution in [0, 0.1) is 11.3 Å². The van der Waals surface area contributed by atoms with Crippen molar-refractivity contribution >= 4 is 28.9 Å². The zero-order chi connectivity index (χ0) is 20.6. The Bertz CT molecular complexity index is 1220. The van der Waals surface area contributed by atoms with Crippen molar-refractivity contribution in [2.75, 3.05) is 11.6 Å². The van der Waals surface area contributed by atoms with E-state index < -0.39 is 11.7 Å². The van der Waals surface area contributed by atoms with E-state index in [1.807, 2.05) is 30.5 Å². The van der Waals surface area contributed by atoms with Crippen LogP contribution in [0.3, 0.4) is 0 Å². The minimum Gasteiger partial charge on any atom is -0.338 e. The van der Waals surface area contributed by atoms with Crippen LogP contribution in [0.25, 0.3) is 16.9 Å². The Morgan fingerprint density at radius 2 is 1.93 bits per heavy atom. The third kappa shape index (κ3) is 3.54. The SMILES string of the molecule is CSc1ccc(-c2nc3c(C#N)c[nH]n3c2Nc2cccc(C(F)(F)F)c2)cc1. The molecule has 0 aliphatic carbocycles. The molecule has 0 aliphatic heterocycles. The quantitative estimate of drug-likeness (QED) is 0.422. The molecular weight excluding hydrogens is 399 g/mol. The van der Waals surface area contributed by atoms with Gasteiger partial charge in [0.25, 0.3) is 0 Å². The van der Waals surface area contributed by atoms with Crippen molar-refractivity contribution in [2.45, 2.75) is 11.1 Å². The van der Waals surface area contributed by atoms with Gasteiger partial charge in [-0.2, -0.15) is 18.4 Å². The lowest BCUT2D eigenvalue weighted by Crippen LogP contribution is -2.05. The van der Waals surface area contributed by atoms with Gasteiger partial charge in [-0.05, 0) is 36.6 Å². The number of aromatic nitrogens is 3. The van der Waals surface area contributed by atoms with Gasteiger partial charge in [-0.3, -0.25) is 5.10 Å². The first-order chi connectivity index (χ1) is 13.9. The third-order valence-electron chi connectivity index (χ3n) is 4.39. The van der Waals surface area contributed by atoms with Gasteiger partial charge in [0.15, 0.2) is 11.5 Å². The van der Waals surface area contributed by atoms with Crippen LogP contribution in [-0.4, -0.2) is 20.9 Å². The summed E-state index contributed by atoms with van der Waals surface area (Å²) in [5.41, 5.74) is 1.54. The second-order valence-corrected chi connectivity index (χ2v) is 7.08.